The van der Waals surface area contributed by atoms with E-state index in [0.29, 0.717) is 5.56 Å². The van der Waals surface area contributed by atoms with Crippen LogP contribution in [0.2, 0.25) is 0 Å². The molecular formula is C17H17FN2S. The SMILES string of the molecule is NC(=S)c1cc(F)ccc1N1CCCCc2ccccc21. The number of hydrogen-bond acceptors (Lipinski definition) is 2. The Morgan fingerprint density at radius 3 is 2.71 bits per heavy atom. The highest BCUT2D eigenvalue weighted by Crippen LogP contribution is 2.34. The van der Waals surface area contributed by atoms with Gasteiger partial charge in [-0.3, -0.25) is 0 Å². The highest BCUT2D eigenvalue weighted by Gasteiger charge is 2.20. The highest BCUT2D eigenvalue weighted by molar-refractivity contribution is 7.80. The Bertz CT molecular complexity index is 684. The van der Waals surface area contributed by atoms with Gasteiger partial charge in [0.05, 0.1) is 5.69 Å². The van der Waals surface area contributed by atoms with Crippen molar-refractivity contribution in [2.45, 2.75) is 19.3 Å². The number of aryl methyl sites for hydroxylation is 1. The summed E-state index contributed by atoms with van der Waals surface area (Å²) in [7, 11) is 0. The number of para-hydroxylation sites is 1. The van der Waals surface area contributed by atoms with Gasteiger partial charge in [0.1, 0.15) is 10.8 Å². The Hall–Kier alpha value is -1.94. The van der Waals surface area contributed by atoms with E-state index >= 15 is 0 Å². The van der Waals surface area contributed by atoms with Crippen LogP contribution in [-0.2, 0) is 6.42 Å². The predicted octanol–water partition coefficient (Wildman–Crippen LogP) is 3.93. The minimum absolute atomic E-state index is 0.228. The van der Waals surface area contributed by atoms with Gasteiger partial charge in [0.15, 0.2) is 0 Å². The zero-order valence-corrected chi connectivity index (χ0v) is 12.5. The second-order valence-corrected chi connectivity index (χ2v) is 5.70. The molecule has 0 saturated heterocycles. The molecule has 2 nitrogen and oxygen atoms in total. The Kier molecular flexibility index (Phi) is 3.88. The molecule has 3 rings (SSSR count). The maximum Gasteiger partial charge on any atom is 0.124 e. The summed E-state index contributed by atoms with van der Waals surface area (Å²) >= 11 is 5.10. The van der Waals surface area contributed by atoms with Crippen molar-refractivity contribution in [2.75, 3.05) is 11.4 Å². The molecule has 0 saturated carbocycles. The second kappa shape index (κ2) is 5.82. The zero-order chi connectivity index (χ0) is 14.8. The van der Waals surface area contributed by atoms with E-state index in [-0.39, 0.29) is 10.8 Å². The smallest absolute Gasteiger partial charge is 0.124 e. The zero-order valence-electron chi connectivity index (χ0n) is 11.7. The lowest BCUT2D eigenvalue weighted by molar-refractivity contribution is 0.627. The van der Waals surface area contributed by atoms with E-state index in [9.17, 15) is 4.39 Å². The Balaban J connectivity index is 2.14. The van der Waals surface area contributed by atoms with Crippen LogP contribution in [0.5, 0.6) is 0 Å². The van der Waals surface area contributed by atoms with Crippen molar-refractivity contribution in [1.29, 1.82) is 0 Å². The van der Waals surface area contributed by atoms with Gasteiger partial charge in [-0.25, -0.2) is 4.39 Å². The first-order valence-corrected chi connectivity index (χ1v) is 7.52. The van der Waals surface area contributed by atoms with Crippen LogP contribution in [0.1, 0.15) is 24.0 Å². The molecule has 21 heavy (non-hydrogen) atoms. The van der Waals surface area contributed by atoms with Crippen LogP contribution >= 0.6 is 12.2 Å². The van der Waals surface area contributed by atoms with Crippen molar-refractivity contribution in [3.63, 3.8) is 0 Å². The van der Waals surface area contributed by atoms with Crippen LogP contribution in [0.25, 0.3) is 0 Å². The molecule has 0 atom stereocenters. The summed E-state index contributed by atoms with van der Waals surface area (Å²) < 4.78 is 13.5. The molecule has 0 bridgehead atoms. The molecule has 108 valence electrons. The maximum atomic E-state index is 13.5. The van der Waals surface area contributed by atoms with Crippen molar-refractivity contribution in [1.82, 2.24) is 0 Å². The quantitative estimate of drug-likeness (QED) is 0.852. The minimum Gasteiger partial charge on any atom is -0.389 e. The summed E-state index contributed by atoms with van der Waals surface area (Å²) in [5.74, 6) is -0.315. The average molecular weight is 300 g/mol. The largest absolute Gasteiger partial charge is 0.389 e. The number of thiocarbonyl (C=S) groups is 1. The highest BCUT2D eigenvalue weighted by atomic mass is 32.1. The fourth-order valence-electron chi connectivity index (χ4n) is 2.88. The van der Waals surface area contributed by atoms with E-state index < -0.39 is 0 Å². The summed E-state index contributed by atoms with van der Waals surface area (Å²) in [6.07, 6.45) is 3.30. The van der Waals surface area contributed by atoms with E-state index in [1.165, 1.54) is 23.4 Å². The van der Waals surface area contributed by atoms with Gasteiger partial charge in [-0.05, 0) is 49.1 Å². The van der Waals surface area contributed by atoms with Crippen molar-refractivity contribution in [2.24, 2.45) is 5.73 Å². The number of fused-ring (bicyclic) bond motifs is 1. The molecule has 1 heterocycles. The van der Waals surface area contributed by atoms with Crippen molar-refractivity contribution in [3.8, 4) is 0 Å². The van der Waals surface area contributed by atoms with Gasteiger partial charge >= 0.3 is 0 Å². The fourth-order valence-corrected chi connectivity index (χ4v) is 3.05. The first-order chi connectivity index (χ1) is 10.2. The van der Waals surface area contributed by atoms with Crippen molar-refractivity contribution in [3.05, 3.63) is 59.4 Å². The van der Waals surface area contributed by atoms with Crippen molar-refractivity contribution < 1.29 is 4.39 Å². The van der Waals surface area contributed by atoms with Gasteiger partial charge in [-0.1, -0.05) is 30.4 Å². The maximum absolute atomic E-state index is 13.5. The molecule has 0 amide bonds. The number of nitrogens with two attached hydrogens (primary N) is 1. The first-order valence-electron chi connectivity index (χ1n) is 7.11. The summed E-state index contributed by atoms with van der Waals surface area (Å²) in [6, 6.07) is 13.0. The molecule has 2 aromatic rings. The number of nitrogens with zero attached hydrogens (tertiary/aromatic N) is 1. The molecule has 4 heteroatoms. The molecule has 1 aliphatic rings. The minimum atomic E-state index is -0.315. The first kappa shape index (κ1) is 14.0. The molecule has 2 aromatic carbocycles. The van der Waals surface area contributed by atoms with Crippen LogP contribution in [0.15, 0.2) is 42.5 Å². The molecule has 2 N–H and O–H groups in total. The third-order valence-electron chi connectivity index (χ3n) is 3.88. The van der Waals surface area contributed by atoms with Gasteiger partial charge in [0.25, 0.3) is 0 Å². The second-order valence-electron chi connectivity index (χ2n) is 5.26. The van der Waals surface area contributed by atoms with Gasteiger partial charge in [0.2, 0.25) is 0 Å². The van der Waals surface area contributed by atoms with Gasteiger partial charge in [0, 0.05) is 17.8 Å². The predicted molar refractivity (Wildman–Crippen MR) is 88.7 cm³/mol. The molecule has 0 fully saturated rings. The summed E-state index contributed by atoms with van der Waals surface area (Å²) in [5, 5.41) is 0. The molecule has 0 aliphatic carbocycles. The van der Waals surface area contributed by atoms with Crippen LogP contribution in [0.3, 0.4) is 0 Å². The number of rotatable bonds is 2. The molecule has 0 radical (unpaired) electrons. The molecule has 0 aromatic heterocycles. The standard InChI is InChI=1S/C17H17FN2S/c18-13-8-9-16(14(11-13)17(19)21)20-10-4-3-6-12-5-1-2-7-15(12)20/h1-2,5,7-9,11H,3-4,6,10H2,(H2,19,21). The van der Waals surface area contributed by atoms with E-state index in [4.69, 9.17) is 18.0 Å². The van der Waals surface area contributed by atoms with E-state index in [1.54, 1.807) is 6.07 Å². The fraction of sp³-hybridized carbons (Fsp3) is 0.235. The van der Waals surface area contributed by atoms with Crippen LogP contribution in [0, 0.1) is 5.82 Å². The average Bonchev–Trinajstić information content (AvgIpc) is 2.69. The van der Waals surface area contributed by atoms with Crippen molar-refractivity contribution >= 4 is 28.6 Å². The number of hydrogen-bond donors (Lipinski definition) is 1. The van der Waals surface area contributed by atoms with Gasteiger partial charge in [-0.15, -0.1) is 0 Å². The monoisotopic (exact) mass is 300 g/mol. The molecule has 0 spiro atoms. The third-order valence-corrected chi connectivity index (χ3v) is 4.10. The van der Waals surface area contributed by atoms with Crippen LogP contribution < -0.4 is 10.6 Å². The summed E-state index contributed by atoms with van der Waals surface area (Å²) in [6.45, 7) is 0.887. The summed E-state index contributed by atoms with van der Waals surface area (Å²) in [4.78, 5) is 2.43. The molecule has 1 aliphatic heterocycles. The summed E-state index contributed by atoms with van der Waals surface area (Å²) in [5.41, 5.74) is 9.75. The Morgan fingerprint density at radius 1 is 1.10 bits per heavy atom. The van der Waals surface area contributed by atoms with E-state index in [1.807, 2.05) is 6.07 Å². The normalized spacial score (nSPS) is 14.4. The third kappa shape index (κ3) is 2.76. The number of halogens is 1. The molecular weight excluding hydrogens is 283 g/mol. The van der Waals surface area contributed by atoms with E-state index in [2.05, 4.69) is 23.1 Å². The van der Waals surface area contributed by atoms with Gasteiger partial charge in [-0.2, -0.15) is 0 Å². The Morgan fingerprint density at radius 2 is 1.90 bits per heavy atom. The number of anilines is 2. The van der Waals surface area contributed by atoms with E-state index in [0.717, 1.165) is 31.5 Å². The lowest BCUT2D eigenvalue weighted by Gasteiger charge is -2.27. The Labute approximate surface area is 129 Å². The van der Waals surface area contributed by atoms with Gasteiger partial charge < -0.3 is 10.6 Å². The molecule has 0 unspecified atom stereocenters. The van der Waals surface area contributed by atoms with Crippen LogP contribution in [-0.4, -0.2) is 11.5 Å². The number of benzene rings is 2. The lowest BCUT2D eigenvalue weighted by Crippen LogP contribution is -2.22. The van der Waals surface area contributed by atoms with Crippen LogP contribution in [0.4, 0.5) is 15.8 Å². The lowest BCUT2D eigenvalue weighted by atomic mass is 10.1. The topological polar surface area (TPSA) is 29.3 Å².